The number of imide groups is 1. The summed E-state index contributed by atoms with van der Waals surface area (Å²) in [4.78, 5) is 38.2. The summed E-state index contributed by atoms with van der Waals surface area (Å²) in [7, 11) is 1.47. The van der Waals surface area contributed by atoms with Crippen LogP contribution in [-0.2, 0) is 14.4 Å². The van der Waals surface area contributed by atoms with E-state index in [2.05, 4.69) is 5.32 Å². The molecule has 0 radical (unpaired) electrons. The maximum Gasteiger partial charge on any atom is 0.252 e. The zero-order valence-electron chi connectivity index (χ0n) is 11.0. The molecular formula is C12H19N3O3. The Morgan fingerprint density at radius 3 is 2.39 bits per heavy atom. The van der Waals surface area contributed by atoms with E-state index in [1.807, 2.05) is 13.8 Å². The van der Waals surface area contributed by atoms with Gasteiger partial charge in [-0.1, -0.05) is 13.8 Å². The zero-order valence-corrected chi connectivity index (χ0v) is 11.0. The molecule has 1 N–H and O–H groups in total. The molecular weight excluding hydrogens is 234 g/mol. The number of rotatable bonds is 3. The summed E-state index contributed by atoms with van der Waals surface area (Å²) < 4.78 is 0. The van der Waals surface area contributed by atoms with Gasteiger partial charge < -0.3 is 10.2 Å². The summed E-state index contributed by atoms with van der Waals surface area (Å²) in [6, 6.07) is -0.588. The van der Waals surface area contributed by atoms with Crippen molar-refractivity contribution >= 4 is 17.7 Å². The summed E-state index contributed by atoms with van der Waals surface area (Å²) in [5.74, 6) is -0.540. The lowest BCUT2D eigenvalue weighted by Crippen LogP contribution is -2.47. The monoisotopic (exact) mass is 253 g/mol. The van der Waals surface area contributed by atoms with Crippen molar-refractivity contribution in [2.75, 3.05) is 13.6 Å². The first-order chi connectivity index (χ1) is 8.41. The van der Waals surface area contributed by atoms with E-state index < -0.39 is 6.04 Å². The molecule has 6 heteroatoms. The minimum absolute atomic E-state index is 0.0647. The highest BCUT2D eigenvalue weighted by molar-refractivity contribution is 6.07. The second-order valence-electron chi connectivity index (χ2n) is 5.21. The van der Waals surface area contributed by atoms with Crippen molar-refractivity contribution in [3.63, 3.8) is 0 Å². The molecule has 3 amide bonds. The predicted molar refractivity (Wildman–Crippen MR) is 64.6 cm³/mol. The molecule has 0 spiro atoms. The maximum atomic E-state index is 12.2. The Hall–Kier alpha value is -1.43. The predicted octanol–water partition coefficient (Wildman–Crippen LogP) is -0.657. The third kappa shape index (κ3) is 2.12. The van der Waals surface area contributed by atoms with Crippen LogP contribution in [0.25, 0.3) is 0 Å². The molecule has 2 rings (SSSR count). The fraction of sp³-hybridized carbons (Fsp3) is 0.750. The highest BCUT2D eigenvalue weighted by Gasteiger charge is 2.45. The van der Waals surface area contributed by atoms with Gasteiger partial charge in [-0.3, -0.25) is 19.3 Å². The molecule has 0 aromatic carbocycles. The second-order valence-corrected chi connectivity index (χ2v) is 5.21. The van der Waals surface area contributed by atoms with Crippen LogP contribution in [0.2, 0.25) is 0 Å². The quantitative estimate of drug-likeness (QED) is 0.678. The molecule has 0 aliphatic carbocycles. The van der Waals surface area contributed by atoms with Gasteiger partial charge >= 0.3 is 0 Å². The molecule has 6 nitrogen and oxygen atoms in total. The standard InChI is InChI=1S/C12H19N3O3/c1-7(2)13-8-4-5-15(11(8)17)9-6-10(16)14(3)12(9)18/h7-9,13H,4-6H2,1-3H3. The summed E-state index contributed by atoms with van der Waals surface area (Å²) in [6.07, 6.45) is 0.814. The third-order valence-electron chi connectivity index (χ3n) is 3.51. The van der Waals surface area contributed by atoms with E-state index in [1.54, 1.807) is 4.90 Å². The van der Waals surface area contributed by atoms with E-state index in [4.69, 9.17) is 0 Å². The van der Waals surface area contributed by atoms with Crippen LogP contribution in [0.1, 0.15) is 26.7 Å². The van der Waals surface area contributed by atoms with E-state index in [0.717, 1.165) is 4.90 Å². The normalized spacial score (nSPS) is 29.0. The molecule has 100 valence electrons. The molecule has 0 aromatic rings. The molecule has 2 saturated heterocycles. The van der Waals surface area contributed by atoms with E-state index in [0.29, 0.717) is 13.0 Å². The fourth-order valence-corrected chi connectivity index (χ4v) is 2.55. The van der Waals surface area contributed by atoms with Crippen LogP contribution < -0.4 is 5.32 Å². The number of likely N-dealkylation sites (N-methyl/N-ethyl adjacent to an activating group) is 1. The topological polar surface area (TPSA) is 69.7 Å². The largest absolute Gasteiger partial charge is 0.329 e. The SMILES string of the molecule is CC(C)NC1CCN(C2CC(=O)N(C)C2=O)C1=O. The van der Waals surface area contributed by atoms with E-state index >= 15 is 0 Å². The van der Waals surface area contributed by atoms with Gasteiger partial charge in [0.25, 0.3) is 5.91 Å². The molecule has 0 bridgehead atoms. The van der Waals surface area contributed by atoms with Crippen molar-refractivity contribution in [1.82, 2.24) is 15.1 Å². The first kappa shape index (κ1) is 13.0. The fourth-order valence-electron chi connectivity index (χ4n) is 2.55. The molecule has 2 unspecified atom stereocenters. The van der Waals surface area contributed by atoms with Gasteiger partial charge in [0.1, 0.15) is 6.04 Å². The van der Waals surface area contributed by atoms with Crippen molar-refractivity contribution in [1.29, 1.82) is 0 Å². The van der Waals surface area contributed by atoms with Gasteiger partial charge in [0.05, 0.1) is 12.5 Å². The number of hydrogen-bond donors (Lipinski definition) is 1. The Morgan fingerprint density at radius 2 is 1.89 bits per heavy atom. The molecule has 2 aliphatic heterocycles. The number of likely N-dealkylation sites (tertiary alicyclic amines) is 2. The highest BCUT2D eigenvalue weighted by Crippen LogP contribution is 2.23. The molecule has 2 atom stereocenters. The lowest BCUT2D eigenvalue weighted by Gasteiger charge is -2.22. The number of hydrogen-bond acceptors (Lipinski definition) is 4. The van der Waals surface area contributed by atoms with E-state index in [1.165, 1.54) is 7.05 Å². The minimum Gasteiger partial charge on any atom is -0.329 e. The molecule has 2 fully saturated rings. The number of nitrogens with zero attached hydrogens (tertiary/aromatic N) is 2. The average molecular weight is 253 g/mol. The van der Waals surface area contributed by atoms with Crippen molar-refractivity contribution in [2.24, 2.45) is 0 Å². The Labute approximate surface area is 106 Å². The first-order valence-corrected chi connectivity index (χ1v) is 6.28. The van der Waals surface area contributed by atoms with E-state index in [-0.39, 0.29) is 36.2 Å². The van der Waals surface area contributed by atoms with Gasteiger partial charge in [0.15, 0.2) is 0 Å². The van der Waals surface area contributed by atoms with Gasteiger partial charge in [-0.25, -0.2) is 0 Å². The maximum absolute atomic E-state index is 12.2. The van der Waals surface area contributed by atoms with Crippen molar-refractivity contribution < 1.29 is 14.4 Å². The van der Waals surface area contributed by atoms with Crippen molar-refractivity contribution in [3.05, 3.63) is 0 Å². The van der Waals surface area contributed by atoms with Crippen LogP contribution in [-0.4, -0.2) is 59.2 Å². The Bertz CT molecular complexity index is 394. The molecule has 18 heavy (non-hydrogen) atoms. The summed E-state index contributed by atoms with van der Waals surface area (Å²) >= 11 is 0. The van der Waals surface area contributed by atoms with Crippen molar-refractivity contribution in [3.8, 4) is 0 Å². The number of nitrogens with one attached hydrogen (secondary N) is 1. The lowest BCUT2D eigenvalue weighted by atomic mass is 10.2. The van der Waals surface area contributed by atoms with Crippen LogP contribution in [0.3, 0.4) is 0 Å². The molecule has 2 heterocycles. The molecule has 0 saturated carbocycles. The number of carbonyl (C=O) groups excluding carboxylic acids is 3. The summed E-state index contributed by atoms with van der Waals surface area (Å²) in [5.41, 5.74) is 0. The third-order valence-corrected chi connectivity index (χ3v) is 3.51. The Kier molecular flexibility index (Phi) is 3.38. The van der Waals surface area contributed by atoms with Gasteiger partial charge in [0.2, 0.25) is 11.8 Å². The molecule has 0 aromatic heterocycles. The Morgan fingerprint density at radius 1 is 1.22 bits per heavy atom. The van der Waals surface area contributed by atoms with Gasteiger partial charge in [-0.2, -0.15) is 0 Å². The minimum atomic E-state index is -0.589. The van der Waals surface area contributed by atoms with Crippen LogP contribution in [0.5, 0.6) is 0 Å². The smallest absolute Gasteiger partial charge is 0.252 e. The first-order valence-electron chi connectivity index (χ1n) is 6.28. The summed E-state index contributed by atoms with van der Waals surface area (Å²) in [5, 5.41) is 3.18. The van der Waals surface area contributed by atoms with E-state index in [9.17, 15) is 14.4 Å². The highest BCUT2D eigenvalue weighted by atomic mass is 16.2. The summed E-state index contributed by atoms with van der Waals surface area (Å²) in [6.45, 7) is 4.50. The van der Waals surface area contributed by atoms with Crippen LogP contribution >= 0.6 is 0 Å². The number of carbonyl (C=O) groups is 3. The zero-order chi connectivity index (χ0) is 13.4. The van der Waals surface area contributed by atoms with Gasteiger partial charge in [-0.05, 0) is 6.42 Å². The van der Waals surface area contributed by atoms with Crippen LogP contribution in [0.4, 0.5) is 0 Å². The van der Waals surface area contributed by atoms with Crippen molar-refractivity contribution in [2.45, 2.75) is 44.8 Å². The van der Waals surface area contributed by atoms with Crippen LogP contribution in [0, 0.1) is 0 Å². The lowest BCUT2D eigenvalue weighted by molar-refractivity contribution is -0.141. The number of amides is 3. The Balaban J connectivity index is 2.06. The van der Waals surface area contributed by atoms with Gasteiger partial charge in [0, 0.05) is 19.6 Å². The average Bonchev–Trinajstić information content (AvgIpc) is 2.75. The molecule has 2 aliphatic rings. The van der Waals surface area contributed by atoms with Gasteiger partial charge in [-0.15, -0.1) is 0 Å². The van der Waals surface area contributed by atoms with Crippen LogP contribution in [0.15, 0.2) is 0 Å². The second kappa shape index (κ2) is 4.68.